The number of nitrogens with zero attached hydrogens (tertiary/aromatic N) is 5. The van der Waals surface area contributed by atoms with Gasteiger partial charge < -0.3 is 16.4 Å². The Kier molecular flexibility index (Phi) is 5.27. The van der Waals surface area contributed by atoms with Crippen molar-refractivity contribution in [2.45, 2.75) is 41.6 Å². The summed E-state index contributed by atoms with van der Waals surface area (Å²) in [6.45, 7) is 3.95. The van der Waals surface area contributed by atoms with Gasteiger partial charge in [-0.3, -0.25) is 0 Å². The van der Waals surface area contributed by atoms with Crippen LogP contribution in [0.5, 0.6) is 0 Å². The SMILES string of the molecule is CC1(N)CCCN(c2cnc3nc(Sc4ccnc(N)c4Cl)ccc3n2)CC1. The molecule has 0 spiro atoms. The molecule has 3 aromatic heterocycles. The number of fused-ring (bicyclic) bond motifs is 1. The Bertz CT molecular complexity index is 1010. The van der Waals surface area contributed by atoms with E-state index in [0.29, 0.717) is 16.5 Å². The van der Waals surface area contributed by atoms with E-state index >= 15 is 0 Å². The Hall–Kier alpha value is -2.16. The first-order valence-electron chi connectivity index (χ1n) is 9.17. The number of aromatic nitrogens is 4. The third-order valence-corrected chi connectivity index (χ3v) is 6.42. The van der Waals surface area contributed by atoms with Crippen LogP contribution in [0, 0.1) is 0 Å². The van der Waals surface area contributed by atoms with E-state index in [1.54, 1.807) is 12.4 Å². The smallest absolute Gasteiger partial charge is 0.179 e. The van der Waals surface area contributed by atoms with E-state index in [2.05, 4.69) is 26.8 Å². The van der Waals surface area contributed by atoms with Crippen molar-refractivity contribution in [2.75, 3.05) is 23.7 Å². The molecular weight excluding hydrogens is 394 g/mol. The van der Waals surface area contributed by atoms with Crippen LogP contribution in [0.25, 0.3) is 11.2 Å². The van der Waals surface area contributed by atoms with Crippen molar-refractivity contribution in [3.8, 4) is 0 Å². The van der Waals surface area contributed by atoms with E-state index in [1.807, 2.05) is 18.2 Å². The summed E-state index contributed by atoms with van der Waals surface area (Å²) >= 11 is 7.65. The molecule has 0 radical (unpaired) electrons. The highest BCUT2D eigenvalue weighted by Gasteiger charge is 2.24. The first-order valence-corrected chi connectivity index (χ1v) is 10.4. The zero-order valence-corrected chi connectivity index (χ0v) is 17.2. The fraction of sp³-hybridized carbons (Fsp3) is 0.368. The van der Waals surface area contributed by atoms with E-state index in [9.17, 15) is 0 Å². The van der Waals surface area contributed by atoms with Crippen molar-refractivity contribution < 1.29 is 0 Å². The van der Waals surface area contributed by atoms with Gasteiger partial charge in [-0.1, -0.05) is 23.4 Å². The molecule has 0 aromatic carbocycles. The maximum Gasteiger partial charge on any atom is 0.179 e. The van der Waals surface area contributed by atoms with Gasteiger partial charge in [0, 0.05) is 29.7 Å². The first kappa shape index (κ1) is 19.2. The molecule has 0 saturated carbocycles. The molecule has 4 N–H and O–H groups in total. The molecule has 0 aliphatic carbocycles. The molecule has 1 unspecified atom stereocenters. The fourth-order valence-electron chi connectivity index (χ4n) is 3.25. The Labute approximate surface area is 172 Å². The van der Waals surface area contributed by atoms with E-state index in [-0.39, 0.29) is 5.54 Å². The van der Waals surface area contributed by atoms with Crippen LogP contribution >= 0.6 is 23.4 Å². The van der Waals surface area contributed by atoms with Crippen LogP contribution in [-0.2, 0) is 0 Å². The zero-order chi connectivity index (χ0) is 19.7. The second kappa shape index (κ2) is 7.69. The number of hydrogen-bond donors (Lipinski definition) is 2. The standard InChI is InChI=1S/C19H22ClN7S/c1-19(22)6-2-9-27(10-7-19)14-11-24-18-12(25-14)3-4-15(26-18)28-13-5-8-23-17(21)16(13)20/h3-5,8,11H,2,6-7,9-10,22H2,1H3,(H2,21,23). The Balaban J connectivity index is 1.57. The maximum absolute atomic E-state index is 6.31. The van der Waals surface area contributed by atoms with E-state index < -0.39 is 0 Å². The van der Waals surface area contributed by atoms with Gasteiger partial charge >= 0.3 is 0 Å². The fourth-order valence-corrected chi connectivity index (χ4v) is 4.29. The summed E-state index contributed by atoms with van der Waals surface area (Å²) in [6, 6.07) is 5.66. The van der Waals surface area contributed by atoms with Crippen molar-refractivity contribution in [1.82, 2.24) is 19.9 Å². The van der Waals surface area contributed by atoms with Crippen molar-refractivity contribution >= 4 is 46.2 Å². The summed E-state index contributed by atoms with van der Waals surface area (Å²) in [5, 5.41) is 1.21. The van der Waals surface area contributed by atoms with Crippen LogP contribution in [-0.4, -0.2) is 38.6 Å². The highest BCUT2D eigenvalue weighted by Crippen LogP contribution is 2.34. The van der Waals surface area contributed by atoms with Gasteiger partial charge in [-0.05, 0) is 44.4 Å². The van der Waals surface area contributed by atoms with Gasteiger partial charge in [-0.15, -0.1) is 0 Å². The lowest BCUT2D eigenvalue weighted by atomic mass is 9.95. The van der Waals surface area contributed by atoms with Gasteiger partial charge in [0.25, 0.3) is 0 Å². The topological polar surface area (TPSA) is 107 Å². The number of hydrogen-bond acceptors (Lipinski definition) is 8. The minimum absolute atomic E-state index is 0.107. The van der Waals surface area contributed by atoms with Gasteiger partial charge in [0.2, 0.25) is 0 Å². The molecule has 1 aliphatic heterocycles. The molecule has 7 nitrogen and oxygen atoms in total. The quantitative estimate of drug-likeness (QED) is 0.669. The molecule has 146 valence electrons. The third-order valence-electron chi connectivity index (χ3n) is 4.91. The van der Waals surface area contributed by atoms with Crippen LogP contribution in [0.2, 0.25) is 5.02 Å². The largest absolute Gasteiger partial charge is 0.382 e. The molecule has 1 fully saturated rings. The summed E-state index contributed by atoms with van der Waals surface area (Å²) in [5.41, 5.74) is 13.3. The normalized spacial score (nSPS) is 20.3. The lowest BCUT2D eigenvalue weighted by Crippen LogP contribution is -2.37. The third kappa shape index (κ3) is 4.14. The summed E-state index contributed by atoms with van der Waals surface area (Å²) in [7, 11) is 0. The van der Waals surface area contributed by atoms with E-state index in [1.165, 1.54) is 11.8 Å². The second-order valence-corrected chi connectivity index (χ2v) is 8.77. The summed E-state index contributed by atoms with van der Waals surface area (Å²) in [6.07, 6.45) is 6.44. The summed E-state index contributed by atoms with van der Waals surface area (Å²) in [5.74, 6) is 1.18. The minimum atomic E-state index is -0.107. The molecule has 1 atom stereocenters. The van der Waals surface area contributed by atoms with Gasteiger partial charge in [0.05, 0.1) is 11.2 Å². The zero-order valence-electron chi connectivity index (χ0n) is 15.6. The molecule has 1 saturated heterocycles. The molecule has 28 heavy (non-hydrogen) atoms. The van der Waals surface area contributed by atoms with E-state index in [4.69, 9.17) is 28.1 Å². The second-order valence-electron chi connectivity index (χ2n) is 7.33. The first-order chi connectivity index (χ1) is 13.4. The summed E-state index contributed by atoms with van der Waals surface area (Å²) < 4.78 is 0. The molecule has 3 aromatic rings. The van der Waals surface area contributed by atoms with Crippen LogP contribution in [0.4, 0.5) is 11.6 Å². The van der Waals surface area contributed by atoms with Crippen LogP contribution in [0.3, 0.4) is 0 Å². The van der Waals surface area contributed by atoms with Crippen LogP contribution < -0.4 is 16.4 Å². The molecule has 0 bridgehead atoms. The highest BCUT2D eigenvalue weighted by atomic mass is 35.5. The average Bonchev–Trinajstić information content (AvgIpc) is 2.85. The molecular formula is C19H22ClN7S. The van der Waals surface area contributed by atoms with Crippen LogP contribution in [0.15, 0.2) is 40.5 Å². The van der Waals surface area contributed by atoms with Gasteiger partial charge in [0.1, 0.15) is 22.2 Å². The highest BCUT2D eigenvalue weighted by molar-refractivity contribution is 7.99. The Morgan fingerprint density at radius 2 is 2.00 bits per heavy atom. The Morgan fingerprint density at radius 1 is 1.14 bits per heavy atom. The average molecular weight is 416 g/mol. The number of nitrogens with two attached hydrogens (primary N) is 2. The van der Waals surface area contributed by atoms with Gasteiger partial charge in [-0.25, -0.2) is 19.9 Å². The van der Waals surface area contributed by atoms with Crippen molar-refractivity contribution in [1.29, 1.82) is 0 Å². The van der Waals surface area contributed by atoms with Gasteiger partial charge in [0.15, 0.2) is 5.65 Å². The molecule has 4 heterocycles. The number of anilines is 2. The maximum atomic E-state index is 6.31. The van der Waals surface area contributed by atoms with Gasteiger partial charge in [-0.2, -0.15) is 0 Å². The molecule has 9 heteroatoms. The molecule has 1 aliphatic rings. The van der Waals surface area contributed by atoms with Crippen molar-refractivity contribution in [3.63, 3.8) is 0 Å². The lowest BCUT2D eigenvalue weighted by Gasteiger charge is -2.24. The lowest BCUT2D eigenvalue weighted by molar-refractivity contribution is 0.421. The molecule has 0 amide bonds. The number of nitrogen functional groups attached to an aromatic ring is 1. The van der Waals surface area contributed by atoms with Crippen LogP contribution in [0.1, 0.15) is 26.2 Å². The predicted molar refractivity (Wildman–Crippen MR) is 114 cm³/mol. The van der Waals surface area contributed by atoms with E-state index in [0.717, 1.165) is 53.6 Å². The number of pyridine rings is 2. The number of rotatable bonds is 3. The minimum Gasteiger partial charge on any atom is -0.382 e. The Morgan fingerprint density at radius 3 is 2.86 bits per heavy atom. The van der Waals surface area contributed by atoms with Crippen molar-refractivity contribution in [3.05, 3.63) is 35.6 Å². The molecule has 4 rings (SSSR count). The number of halogens is 1. The van der Waals surface area contributed by atoms with Crippen molar-refractivity contribution in [2.24, 2.45) is 5.73 Å². The monoisotopic (exact) mass is 415 g/mol. The predicted octanol–water partition coefficient (Wildman–Crippen LogP) is 3.51. The summed E-state index contributed by atoms with van der Waals surface area (Å²) in [4.78, 5) is 20.9.